The number of methoxy groups -OCH3 is 1. The summed E-state index contributed by atoms with van der Waals surface area (Å²) in [7, 11) is 1.58. The van der Waals surface area contributed by atoms with E-state index in [1.807, 2.05) is 0 Å². The van der Waals surface area contributed by atoms with Crippen LogP contribution in [0.3, 0.4) is 0 Å². The average molecular weight is 296 g/mol. The van der Waals surface area contributed by atoms with Gasteiger partial charge in [-0.1, -0.05) is 11.8 Å². The number of aromatic nitrogens is 1. The zero-order valence-corrected chi connectivity index (χ0v) is 12.2. The molecule has 1 heterocycles. The summed E-state index contributed by atoms with van der Waals surface area (Å²) < 4.78 is 10.4. The first-order valence-electron chi connectivity index (χ1n) is 6.70. The van der Waals surface area contributed by atoms with Gasteiger partial charge in [0.05, 0.1) is 19.9 Å². The predicted octanol–water partition coefficient (Wildman–Crippen LogP) is 1.90. The lowest BCUT2D eigenvalue weighted by molar-refractivity contribution is 0.0958. The van der Waals surface area contributed by atoms with Gasteiger partial charge in [-0.3, -0.25) is 9.78 Å². The van der Waals surface area contributed by atoms with Crippen LogP contribution in [0.15, 0.2) is 48.8 Å². The summed E-state index contributed by atoms with van der Waals surface area (Å²) in [6, 6.07) is 10.5. The van der Waals surface area contributed by atoms with Crippen LogP contribution >= 0.6 is 0 Å². The van der Waals surface area contributed by atoms with Gasteiger partial charge in [-0.25, -0.2) is 0 Å². The van der Waals surface area contributed by atoms with Gasteiger partial charge in [-0.05, 0) is 36.4 Å². The summed E-state index contributed by atoms with van der Waals surface area (Å²) in [5.74, 6) is 6.85. The maximum absolute atomic E-state index is 11.8. The Hall–Kier alpha value is -3.00. The summed E-state index contributed by atoms with van der Waals surface area (Å²) in [4.78, 5) is 15.8. The van der Waals surface area contributed by atoms with Gasteiger partial charge in [0.15, 0.2) is 0 Å². The van der Waals surface area contributed by atoms with Crippen LogP contribution < -0.4 is 14.8 Å². The molecule has 2 rings (SSSR count). The standard InChI is InChI=1S/C17H16N2O3/c1-21-15-8-6-14(7-9-15)17(20)19-11-2-3-12-22-16-5-4-10-18-13-16/h4-10,13H,11-12H2,1H3,(H,19,20). The summed E-state index contributed by atoms with van der Waals surface area (Å²) in [5.41, 5.74) is 0.564. The fourth-order valence-corrected chi connectivity index (χ4v) is 1.63. The van der Waals surface area contributed by atoms with Gasteiger partial charge in [0.1, 0.15) is 18.1 Å². The van der Waals surface area contributed by atoms with Gasteiger partial charge in [0.25, 0.3) is 5.91 Å². The highest BCUT2D eigenvalue weighted by Crippen LogP contribution is 2.10. The van der Waals surface area contributed by atoms with Crippen LogP contribution in [0.4, 0.5) is 0 Å². The van der Waals surface area contributed by atoms with Crippen LogP contribution in [-0.4, -0.2) is 31.2 Å². The Morgan fingerprint density at radius 1 is 1.18 bits per heavy atom. The summed E-state index contributed by atoms with van der Waals surface area (Å²) in [6.45, 7) is 0.519. The molecule has 0 radical (unpaired) electrons. The zero-order chi connectivity index (χ0) is 15.6. The van der Waals surface area contributed by atoms with Crippen molar-refractivity contribution in [1.29, 1.82) is 0 Å². The van der Waals surface area contributed by atoms with Crippen molar-refractivity contribution in [3.8, 4) is 23.3 Å². The lowest BCUT2D eigenvalue weighted by atomic mass is 10.2. The van der Waals surface area contributed by atoms with Crippen LogP contribution in [0.5, 0.6) is 11.5 Å². The second-order valence-corrected chi connectivity index (χ2v) is 4.24. The van der Waals surface area contributed by atoms with E-state index in [4.69, 9.17) is 9.47 Å². The van der Waals surface area contributed by atoms with E-state index < -0.39 is 0 Å². The van der Waals surface area contributed by atoms with E-state index in [2.05, 4.69) is 22.1 Å². The van der Waals surface area contributed by atoms with Crippen LogP contribution in [-0.2, 0) is 0 Å². The second kappa shape index (κ2) is 8.32. The summed E-state index contributed by atoms with van der Waals surface area (Å²) >= 11 is 0. The van der Waals surface area contributed by atoms with E-state index in [0.29, 0.717) is 17.1 Å². The minimum absolute atomic E-state index is 0.176. The molecule has 1 aromatic carbocycles. The number of ether oxygens (including phenoxy) is 2. The molecule has 0 aliphatic heterocycles. The number of nitrogens with zero attached hydrogens (tertiary/aromatic N) is 1. The molecule has 0 aliphatic carbocycles. The Morgan fingerprint density at radius 3 is 2.68 bits per heavy atom. The van der Waals surface area contributed by atoms with Crippen molar-refractivity contribution in [2.24, 2.45) is 0 Å². The maximum Gasteiger partial charge on any atom is 0.252 e. The van der Waals surface area contributed by atoms with Crippen molar-refractivity contribution >= 4 is 5.91 Å². The number of pyridine rings is 1. The predicted molar refractivity (Wildman–Crippen MR) is 82.8 cm³/mol. The maximum atomic E-state index is 11.8. The number of carbonyl (C=O) groups excluding carboxylic acids is 1. The lowest BCUT2D eigenvalue weighted by Crippen LogP contribution is -2.23. The molecule has 0 bridgehead atoms. The first-order chi connectivity index (χ1) is 10.8. The van der Waals surface area contributed by atoms with Gasteiger partial charge < -0.3 is 14.8 Å². The average Bonchev–Trinajstić information content (AvgIpc) is 2.58. The lowest BCUT2D eigenvalue weighted by Gasteiger charge is -2.03. The van der Waals surface area contributed by atoms with E-state index in [1.54, 1.807) is 55.9 Å². The number of carbonyl (C=O) groups is 1. The van der Waals surface area contributed by atoms with Crippen LogP contribution in [0.1, 0.15) is 10.4 Å². The monoisotopic (exact) mass is 296 g/mol. The zero-order valence-electron chi connectivity index (χ0n) is 12.2. The molecule has 0 unspecified atom stereocenters. The Kier molecular flexibility index (Phi) is 5.82. The molecule has 1 amide bonds. The molecule has 2 aromatic rings. The molecular weight excluding hydrogens is 280 g/mol. The Labute approximate surface area is 129 Å². The Bertz CT molecular complexity index is 658. The van der Waals surface area contributed by atoms with E-state index in [-0.39, 0.29) is 19.1 Å². The first kappa shape index (κ1) is 15.4. The van der Waals surface area contributed by atoms with E-state index in [1.165, 1.54) is 0 Å². The molecule has 5 heteroatoms. The third-order valence-corrected chi connectivity index (χ3v) is 2.76. The van der Waals surface area contributed by atoms with Gasteiger partial charge in [0, 0.05) is 11.8 Å². The Balaban J connectivity index is 1.71. The van der Waals surface area contributed by atoms with E-state index in [0.717, 1.165) is 0 Å². The van der Waals surface area contributed by atoms with Crippen molar-refractivity contribution in [3.05, 3.63) is 54.4 Å². The van der Waals surface area contributed by atoms with Crippen molar-refractivity contribution in [2.75, 3.05) is 20.3 Å². The molecule has 112 valence electrons. The minimum Gasteiger partial charge on any atom is -0.497 e. The quantitative estimate of drug-likeness (QED) is 0.856. The largest absolute Gasteiger partial charge is 0.497 e. The van der Waals surface area contributed by atoms with Crippen molar-refractivity contribution in [3.63, 3.8) is 0 Å². The SMILES string of the molecule is COc1ccc(C(=O)NCC#CCOc2cccnc2)cc1. The highest BCUT2D eigenvalue weighted by molar-refractivity contribution is 5.94. The fraction of sp³-hybridized carbons (Fsp3) is 0.176. The van der Waals surface area contributed by atoms with Gasteiger partial charge in [-0.2, -0.15) is 0 Å². The molecule has 1 N–H and O–H groups in total. The summed E-state index contributed by atoms with van der Waals surface area (Å²) in [5, 5.41) is 2.71. The molecule has 5 nitrogen and oxygen atoms in total. The number of benzene rings is 1. The molecule has 22 heavy (non-hydrogen) atoms. The van der Waals surface area contributed by atoms with Gasteiger partial charge in [-0.15, -0.1) is 0 Å². The molecular formula is C17H16N2O3. The highest BCUT2D eigenvalue weighted by Gasteiger charge is 2.03. The summed E-state index contributed by atoms with van der Waals surface area (Å²) in [6.07, 6.45) is 3.29. The van der Waals surface area contributed by atoms with Crippen LogP contribution in [0.2, 0.25) is 0 Å². The molecule has 0 spiro atoms. The molecule has 0 saturated carbocycles. The minimum atomic E-state index is -0.176. The molecule has 1 aromatic heterocycles. The molecule has 0 aliphatic rings. The number of nitrogens with one attached hydrogen (secondary N) is 1. The third-order valence-electron chi connectivity index (χ3n) is 2.76. The molecule has 0 saturated heterocycles. The smallest absolute Gasteiger partial charge is 0.252 e. The third kappa shape index (κ3) is 4.84. The number of hydrogen-bond donors (Lipinski definition) is 1. The number of rotatable bonds is 5. The van der Waals surface area contributed by atoms with Crippen molar-refractivity contribution in [1.82, 2.24) is 10.3 Å². The molecule has 0 fully saturated rings. The van der Waals surface area contributed by atoms with E-state index in [9.17, 15) is 4.79 Å². The fourth-order valence-electron chi connectivity index (χ4n) is 1.63. The highest BCUT2D eigenvalue weighted by atomic mass is 16.5. The van der Waals surface area contributed by atoms with Gasteiger partial charge >= 0.3 is 0 Å². The van der Waals surface area contributed by atoms with Gasteiger partial charge in [0.2, 0.25) is 0 Å². The van der Waals surface area contributed by atoms with Crippen molar-refractivity contribution < 1.29 is 14.3 Å². The second-order valence-electron chi connectivity index (χ2n) is 4.24. The van der Waals surface area contributed by atoms with Crippen LogP contribution in [0, 0.1) is 11.8 Å². The number of amides is 1. The Morgan fingerprint density at radius 2 is 2.00 bits per heavy atom. The van der Waals surface area contributed by atoms with Crippen LogP contribution in [0.25, 0.3) is 0 Å². The topological polar surface area (TPSA) is 60.5 Å². The first-order valence-corrected chi connectivity index (χ1v) is 6.70. The number of hydrogen-bond acceptors (Lipinski definition) is 4. The normalized spacial score (nSPS) is 9.32. The molecule has 0 atom stereocenters. The van der Waals surface area contributed by atoms with Crippen molar-refractivity contribution in [2.45, 2.75) is 0 Å². The van der Waals surface area contributed by atoms with E-state index >= 15 is 0 Å².